The summed E-state index contributed by atoms with van der Waals surface area (Å²) in [6, 6.07) is 0. The largest absolute Gasteiger partial charge is 0.351 e. The molecule has 1 fully saturated rings. The zero-order valence-corrected chi connectivity index (χ0v) is 12.3. The molecule has 1 saturated heterocycles. The Morgan fingerprint density at radius 3 is 2.63 bits per heavy atom. The number of imidazole rings is 1. The normalized spacial score (nSPS) is 16.0. The molecule has 0 bridgehead atoms. The van der Waals surface area contributed by atoms with Gasteiger partial charge < -0.3 is 19.7 Å². The SMILES string of the molecule is CN=C(NCc1cnc(N(C)C)n1C)N1CCCC1. The van der Waals surface area contributed by atoms with Crippen LogP contribution in [-0.4, -0.2) is 54.6 Å². The number of hydrogen-bond acceptors (Lipinski definition) is 3. The van der Waals surface area contributed by atoms with Crippen LogP contribution in [0.2, 0.25) is 0 Å². The van der Waals surface area contributed by atoms with E-state index < -0.39 is 0 Å². The number of nitrogens with zero attached hydrogens (tertiary/aromatic N) is 5. The predicted octanol–water partition coefficient (Wildman–Crippen LogP) is 0.657. The predicted molar refractivity (Wildman–Crippen MR) is 78.5 cm³/mol. The molecule has 0 unspecified atom stereocenters. The second-order valence-electron chi connectivity index (χ2n) is 5.10. The molecule has 1 aromatic rings. The molecule has 1 N–H and O–H groups in total. The second-order valence-corrected chi connectivity index (χ2v) is 5.10. The van der Waals surface area contributed by atoms with Crippen molar-refractivity contribution in [2.75, 3.05) is 39.1 Å². The van der Waals surface area contributed by atoms with Crippen molar-refractivity contribution in [3.63, 3.8) is 0 Å². The first-order valence-corrected chi connectivity index (χ1v) is 6.77. The average Bonchev–Trinajstić information content (AvgIpc) is 3.01. The van der Waals surface area contributed by atoms with Crippen molar-refractivity contribution in [2.45, 2.75) is 19.4 Å². The Morgan fingerprint density at radius 2 is 2.11 bits per heavy atom. The number of likely N-dealkylation sites (tertiary alicyclic amines) is 1. The third-order valence-corrected chi connectivity index (χ3v) is 3.50. The van der Waals surface area contributed by atoms with Gasteiger partial charge in [-0.3, -0.25) is 4.99 Å². The van der Waals surface area contributed by atoms with Crippen molar-refractivity contribution in [1.82, 2.24) is 19.8 Å². The zero-order valence-electron chi connectivity index (χ0n) is 12.3. The quantitative estimate of drug-likeness (QED) is 0.643. The van der Waals surface area contributed by atoms with Crippen molar-refractivity contribution in [1.29, 1.82) is 0 Å². The van der Waals surface area contributed by atoms with Crippen LogP contribution in [0, 0.1) is 0 Å². The van der Waals surface area contributed by atoms with E-state index in [9.17, 15) is 0 Å². The minimum atomic E-state index is 0.751. The summed E-state index contributed by atoms with van der Waals surface area (Å²) in [6.07, 6.45) is 4.44. The highest BCUT2D eigenvalue weighted by atomic mass is 15.3. The third-order valence-electron chi connectivity index (χ3n) is 3.50. The fourth-order valence-electron chi connectivity index (χ4n) is 2.44. The lowest BCUT2D eigenvalue weighted by Gasteiger charge is -2.21. The van der Waals surface area contributed by atoms with Gasteiger partial charge in [-0.05, 0) is 12.8 Å². The lowest BCUT2D eigenvalue weighted by molar-refractivity contribution is 0.492. The number of nitrogens with one attached hydrogen (secondary N) is 1. The van der Waals surface area contributed by atoms with E-state index in [1.54, 1.807) is 0 Å². The first-order chi connectivity index (χ1) is 9.13. The molecule has 0 aromatic carbocycles. The minimum absolute atomic E-state index is 0.751. The molecule has 0 atom stereocenters. The van der Waals surface area contributed by atoms with Crippen molar-refractivity contribution >= 4 is 11.9 Å². The van der Waals surface area contributed by atoms with Gasteiger partial charge in [0.2, 0.25) is 5.95 Å². The van der Waals surface area contributed by atoms with Crippen LogP contribution < -0.4 is 10.2 Å². The molecule has 2 heterocycles. The first-order valence-electron chi connectivity index (χ1n) is 6.77. The lowest BCUT2D eigenvalue weighted by Crippen LogP contribution is -2.39. The second kappa shape index (κ2) is 5.95. The van der Waals surface area contributed by atoms with Crippen molar-refractivity contribution in [3.05, 3.63) is 11.9 Å². The van der Waals surface area contributed by atoms with E-state index in [2.05, 4.69) is 24.8 Å². The smallest absolute Gasteiger partial charge is 0.204 e. The van der Waals surface area contributed by atoms with E-state index in [-0.39, 0.29) is 0 Å². The zero-order chi connectivity index (χ0) is 13.8. The van der Waals surface area contributed by atoms with E-state index in [4.69, 9.17) is 0 Å². The summed E-state index contributed by atoms with van der Waals surface area (Å²) in [4.78, 5) is 13.1. The molecule has 0 saturated carbocycles. The van der Waals surface area contributed by atoms with Gasteiger partial charge in [-0.25, -0.2) is 4.98 Å². The highest BCUT2D eigenvalue weighted by Gasteiger charge is 2.16. The Labute approximate surface area is 115 Å². The standard InChI is InChI=1S/C13H24N6/c1-14-12(19-7-5-6-8-19)15-9-11-10-16-13(17(2)3)18(11)4/h10H,5-9H2,1-4H3,(H,14,15). The number of anilines is 1. The maximum atomic E-state index is 4.41. The van der Waals surface area contributed by atoms with Gasteiger partial charge in [-0.2, -0.15) is 0 Å². The topological polar surface area (TPSA) is 48.7 Å². The van der Waals surface area contributed by atoms with Gasteiger partial charge in [0.25, 0.3) is 0 Å². The minimum Gasteiger partial charge on any atom is -0.351 e. The molecule has 19 heavy (non-hydrogen) atoms. The Hall–Kier alpha value is -1.72. The summed E-state index contributed by atoms with van der Waals surface area (Å²) < 4.78 is 2.10. The maximum absolute atomic E-state index is 4.41. The van der Waals surface area contributed by atoms with E-state index in [0.717, 1.165) is 37.2 Å². The van der Waals surface area contributed by atoms with Crippen molar-refractivity contribution in [2.24, 2.45) is 12.0 Å². The molecule has 0 spiro atoms. The molecule has 1 aliphatic heterocycles. The van der Waals surface area contributed by atoms with E-state index >= 15 is 0 Å². The molecular weight excluding hydrogens is 240 g/mol. The molecule has 0 radical (unpaired) electrons. The molecule has 2 rings (SSSR count). The van der Waals surface area contributed by atoms with Crippen LogP contribution in [0.15, 0.2) is 11.2 Å². The molecular formula is C13H24N6. The van der Waals surface area contributed by atoms with Gasteiger partial charge in [-0.1, -0.05) is 0 Å². The highest BCUT2D eigenvalue weighted by Crippen LogP contribution is 2.11. The number of aliphatic imine (C=N–C) groups is 1. The summed E-state index contributed by atoms with van der Waals surface area (Å²) in [5.41, 5.74) is 1.16. The third kappa shape index (κ3) is 3.00. The summed E-state index contributed by atoms with van der Waals surface area (Å²) in [5, 5.41) is 3.42. The summed E-state index contributed by atoms with van der Waals surface area (Å²) in [7, 11) is 7.89. The van der Waals surface area contributed by atoms with Gasteiger partial charge in [0.15, 0.2) is 5.96 Å². The van der Waals surface area contributed by atoms with Crippen LogP contribution in [-0.2, 0) is 13.6 Å². The number of hydrogen-bond donors (Lipinski definition) is 1. The Morgan fingerprint density at radius 1 is 1.42 bits per heavy atom. The fourth-order valence-corrected chi connectivity index (χ4v) is 2.44. The van der Waals surface area contributed by atoms with Crippen molar-refractivity contribution in [3.8, 4) is 0 Å². The molecule has 6 heteroatoms. The van der Waals surface area contributed by atoms with Crippen LogP contribution in [0.4, 0.5) is 5.95 Å². The highest BCUT2D eigenvalue weighted by molar-refractivity contribution is 5.80. The van der Waals surface area contributed by atoms with Crippen LogP contribution in [0.1, 0.15) is 18.5 Å². The number of guanidine groups is 1. The van der Waals surface area contributed by atoms with Gasteiger partial charge in [-0.15, -0.1) is 0 Å². The molecule has 0 aliphatic carbocycles. The van der Waals surface area contributed by atoms with Gasteiger partial charge in [0.05, 0.1) is 18.4 Å². The number of rotatable bonds is 3. The maximum Gasteiger partial charge on any atom is 0.204 e. The van der Waals surface area contributed by atoms with E-state index in [1.165, 1.54) is 12.8 Å². The number of aromatic nitrogens is 2. The Bertz CT molecular complexity index is 442. The Kier molecular flexibility index (Phi) is 4.29. The molecule has 0 amide bonds. The van der Waals surface area contributed by atoms with E-state index in [1.807, 2.05) is 39.3 Å². The monoisotopic (exact) mass is 264 g/mol. The van der Waals surface area contributed by atoms with Crippen molar-refractivity contribution < 1.29 is 0 Å². The van der Waals surface area contributed by atoms with Crippen LogP contribution in [0.25, 0.3) is 0 Å². The molecule has 1 aliphatic rings. The van der Waals surface area contributed by atoms with Crippen LogP contribution >= 0.6 is 0 Å². The summed E-state index contributed by atoms with van der Waals surface area (Å²) in [6.45, 7) is 2.96. The first kappa shape index (κ1) is 13.7. The Balaban J connectivity index is 1.98. The molecule has 6 nitrogen and oxygen atoms in total. The summed E-state index contributed by atoms with van der Waals surface area (Å²) >= 11 is 0. The van der Waals surface area contributed by atoms with E-state index in [0.29, 0.717) is 0 Å². The summed E-state index contributed by atoms with van der Waals surface area (Å²) in [5.74, 6) is 1.96. The fraction of sp³-hybridized carbons (Fsp3) is 0.692. The molecule has 1 aromatic heterocycles. The van der Waals surface area contributed by atoms with Gasteiger partial charge in [0.1, 0.15) is 0 Å². The van der Waals surface area contributed by atoms with Gasteiger partial charge in [0, 0.05) is 41.3 Å². The molecule has 106 valence electrons. The lowest BCUT2D eigenvalue weighted by atomic mass is 10.4. The van der Waals surface area contributed by atoms with Crippen LogP contribution in [0.3, 0.4) is 0 Å². The van der Waals surface area contributed by atoms with Crippen LogP contribution in [0.5, 0.6) is 0 Å². The van der Waals surface area contributed by atoms with Gasteiger partial charge >= 0.3 is 0 Å². The average molecular weight is 264 g/mol.